The zero-order valence-corrected chi connectivity index (χ0v) is 11.4. The molecule has 0 aromatic heterocycles. The summed E-state index contributed by atoms with van der Waals surface area (Å²) in [5, 5.41) is 0. The van der Waals surface area contributed by atoms with Crippen LogP contribution in [0.5, 0.6) is 5.75 Å². The van der Waals surface area contributed by atoms with E-state index in [-0.39, 0.29) is 11.9 Å². The maximum atomic E-state index is 10.7. The van der Waals surface area contributed by atoms with E-state index in [0.717, 1.165) is 7.11 Å². The summed E-state index contributed by atoms with van der Waals surface area (Å²) in [6, 6.07) is 8.14. The molecule has 0 saturated heterocycles. The highest BCUT2D eigenvalue weighted by Gasteiger charge is 2.09. The molecule has 3 N–H and O–H groups in total. The van der Waals surface area contributed by atoms with Crippen LogP contribution in [0.15, 0.2) is 30.3 Å². The lowest BCUT2D eigenvalue weighted by molar-refractivity contribution is 0.330. The van der Waals surface area contributed by atoms with Crippen molar-refractivity contribution in [3.8, 4) is 5.75 Å². The molecule has 6 nitrogen and oxygen atoms in total. The van der Waals surface area contributed by atoms with E-state index in [1.54, 1.807) is 18.2 Å². The lowest BCUT2D eigenvalue weighted by atomic mass is 10.3. The van der Waals surface area contributed by atoms with Crippen LogP contribution in [0, 0.1) is 0 Å². The number of para-hydroxylation sites is 1. The topological polar surface area (TPSA) is 90.8 Å². The van der Waals surface area contributed by atoms with E-state index in [4.69, 9.17) is 0 Å². The predicted octanol–water partition coefficient (Wildman–Crippen LogP) is 1.30. The second-order valence-corrected chi connectivity index (χ2v) is 4.63. The Morgan fingerprint density at radius 3 is 1.82 bits per heavy atom. The minimum atomic E-state index is -3.87. The predicted molar refractivity (Wildman–Crippen MR) is 67.6 cm³/mol. The highest BCUT2D eigenvalue weighted by Crippen LogP contribution is 2.11. The van der Waals surface area contributed by atoms with Crippen LogP contribution in [0.1, 0.15) is 0 Å². The van der Waals surface area contributed by atoms with Crippen molar-refractivity contribution in [3.05, 3.63) is 30.3 Å². The molecule has 0 aliphatic heterocycles. The molecule has 1 aromatic rings. The van der Waals surface area contributed by atoms with Gasteiger partial charge >= 0.3 is 10.4 Å². The average molecular weight is 264 g/mol. The van der Waals surface area contributed by atoms with Crippen LogP contribution in [0.25, 0.3) is 0 Å². The second kappa shape index (κ2) is 8.94. The molecule has 0 fully saturated rings. The summed E-state index contributed by atoms with van der Waals surface area (Å²) in [5.74, 6) is 0.236. The maximum absolute atomic E-state index is 10.7. The third kappa shape index (κ3) is 11.1. The van der Waals surface area contributed by atoms with Crippen LogP contribution in [0.2, 0.25) is 0 Å². The van der Waals surface area contributed by atoms with Gasteiger partial charge in [-0.2, -0.15) is 8.42 Å². The lowest BCUT2D eigenvalue weighted by Gasteiger charge is -2.02. The Labute approximate surface area is 103 Å². The van der Waals surface area contributed by atoms with Crippen molar-refractivity contribution in [2.75, 3.05) is 28.3 Å². The molecule has 0 radical (unpaired) electrons. The van der Waals surface area contributed by atoms with Crippen LogP contribution < -0.4 is 10.3 Å². The number of nitrogens with zero attached hydrogens (tertiary/aromatic N) is 1. The summed E-state index contributed by atoms with van der Waals surface area (Å²) in [7, 11) is 3.17. The van der Waals surface area contributed by atoms with Crippen molar-refractivity contribution >= 4 is 10.4 Å². The SMILES string of the molecule is CN(C)C.COS(=O)(=O)Oc1ccccc1.N. The minimum absolute atomic E-state index is 0. The lowest BCUT2D eigenvalue weighted by Crippen LogP contribution is -2.10. The number of hydrogen-bond acceptors (Lipinski definition) is 6. The van der Waals surface area contributed by atoms with Crippen LogP contribution in [-0.4, -0.2) is 41.6 Å². The van der Waals surface area contributed by atoms with E-state index >= 15 is 0 Å². The molecule has 0 bridgehead atoms. The molecule has 0 atom stereocenters. The van der Waals surface area contributed by atoms with E-state index in [9.17, 15) is 8.42 Å². The Hall–Kier alpha value is -1.15. The van der Waals surface area contributed by atoms with E-state index in [2.05, 4.69) is 8.37 Å². The molecule has 0 aliphatic rings. The van der Waals surface area contributed by atoms with Crippen LogP contribution in [0.3, 0.4) is 0 Å². The van der Waals surface area contributed by atoms with Gasteiger partial charge in [0, 0.05) is 0 Å². The Morgan fingerprint density at radius 1 is 1.06 bits per heavy atom. The molecule has 17 heavy (non-hydrogen) atoms. The maximum Gasteiger partial charge on any atom is 0.448 e. The van der Waals surface area contributed by atoms with E-state index in [1.807, 2.05) is 26.0 Å². The first kappa shape index (κ1) is 18.2. The van der Waals surface area contributed by atoms with Gasteiger partial charge in [-0.3, -0.25) is 0 Å². The Balaban J connectivity index is 0. The van der Waals surface area contributed by atoms with Crippen molar-refractivity contribution in [1.82, 2.24) is 11.1 Å². The summed E-state index contributed by atoms with van der Waals surface area (Å²) >= 11 is 0. The van der Waals surface area contributed by atoms with Gasteiger partial charge in [-0.1, -0.05) is 18.2 Å². The smallest absolute Gasteiger partial charge is 0.362 e. The van der Waals surface area contributed by atoms with Crippen molar-refractivity contribution in [1.29, 1.82) is 0 Å². The molecule has 0 saturated carbocycles. The standard InChI is InChI=1S/C7H8O4S.C3H9N.H3N/c1-10-12(8,9)11-7-5-3-2-4-6-7;1-4(2)3;/h2-6H,1H3;1-3H3;1H3. The van der Waals surface area contributed by atoms with Crippen molar-refractivity contribution < 1.29 is 16.8 Å². The average Bonchev–Trinajstić information content (AvgIpc) is 2.18. The molecular weight excluding hydrogens is 244 g/mol. The Bertz CT molecular complexity index is 376. The van der Waals surface area contributed by atoms with Gasteiger partial charge < -0.3 is 15.2 Å². The fourth-order valence-corrected chi connectivity index (χ4v) is 1.04. The van der Waals surface area contributed by atoms with Crippen LogP contribution in [-0.2, 0) is 14.6 Å². The fraction of sp³-hybridized carbons (Fsp3) is 0.400. The molecule has 100 valence electrons. The monoisotopic (exact) mass is 264 g/mol. The van der Waals surface area contributed by atoms with Gasteiger partial charge in [-0.05, 0) is 33.3 Å². The van der Waals surface area contributed by atoms with Gasteiger partial charge in [-0.25, -0.2) is 4.18 Å². The summed E-state index contributed by atoms with van der Waals surface area (Å²) in [6.45, 7) is 0. The molecule has 0 amide bonds. The molecule has 1 rings (SSSR count). The zero-order chi connectivity index (χ0) is 12.6. The molecule has 1 aromatic carbocycles. The highest BCUT2D eigenvalue weighted by atomic mass is 32.3. The molecule has 0 unspecified atom stereocenters. The van der Waals surface area contributed by atoms with Gasteiger partial charge in [-0.15, -0.1) is 0 Å². The number of rotatable bonds is 3. The summed E-state index contributed by atoms with van der Waals surface area (Å²) < 4.78 is 30.0. The van der Waals surface area contributed by atoms with Gasteiger partial charge in [0.25, 0.3) is 0 Å². The third-order valence-corrected chi connectivity index (χ3v) is 1.95. The van der Waals surface area contributed by atoms with E-state index < -0.39 is 10.4 Å². The van der Waals surface area contributed by atoms with Crippen molar-refractivity contribution in [3.63, 3.8) is 0 Å². The molecule has 0 spiro atoms. The molecule has 7 heteroatoms. The van der Waals surface area contributed by atoms with Crippen LogP contribution in [0.4, 0.5) is 0 Å². The van der Waals surface area contributed by atoms with Gasteiger partial charge in [0.15, 0.2) is 0 Å². The van der Waals surface area contributed by atoms with Crippen LogP contribution >= 0.6 is 0 Å². The normalized spacial score (nSPS) is 9.94. The highest BCUT2D eigenvalue weighted by molar-refractivity contribution is 7.82. The summed E-state index contributed by atoms with van der Waals surface area (Å²) in [4.78, 5) is 2.00. The molecule has 0 aliphatic carbocycles. The minimum Gasteiger partial charge on any atom is -0.362 e. The largest absolute Gasteiger partial charge is 0.448 e. The number of hydrogen-bond donors (Lipinski definition) is 1. The second-order valence-electron chi connectivity index (χ2n) is 3.31. The molecular formula is C10H20N2O4S. The Kier molecular flexibility index (Phi) is 9.58. The summed E-state index contributed by atoms with van der Waals surface area (Å²) in [6.07, 6.45) is 0. The number of benzene rings is 1. The third-order valence-electron chi connectivity index (χ3n) is 1.15. The first-order valence-corrected chi connectivity index (χ1v) is 5.86. The fourth-order valence-electron chi connectivity index (χ4n) is 0.628. The zero-order valence-electron chi connectivity index (χ0n) is 10.6. The Morgan fingerprint density at radius 2 is 1.47 bits per heavy atom. The molecule has 0 heterocycles. The van der Waals surface area contributed by atoms with Crippen molar-refractivity contribution in [2.24, 2.45) is 0 Å². The van der Waals surface area contributed by atoms with E-state index in [0.29, 0.717) is 0 Å². The van der Waals surface area contributed by atoms with E-state index in [1.165, 1.54) is 12.1 Å². The van der Waals surface area contributed by atoms with Gasteiger partial charge in [0.1, 0.15) is 5.75 Å². The first-order chi connectivity index (χ1) is 7.37. The van der Waals surface area contributed by atoms with Gasteiger partial charge in [0.05, 0.1) is 7.11 Å². The first-order valence-electron chi connectivity index (χ1n) is 4.53. The van der Waals surface area contributed by atoms with Crippen molar-refractivity contribution in [2.45, 2.75) is 0 Å². The van der Waals surface area contributed by atoms with Gasteiger partial charge in [0.2, 0.25) is 0 Å². The summed E-state index contributed by atoms with van der Waals surface area (Å²) in [5.41, 5.74) is 0. The quantitative estimate of drug-likeness (QED) is 0.884.